The summed E-state index contributed by atoms with van der Waals surface area (Å²) in [5.74, 6) is -0.272. The van der Waals surface area contributed by atoms with Gasteiger partial charge in [-0.05, 0) is 18.9 Å². The molecule has 2 heteroatoms. The fourth-order valence-electron chi connectivity index (χ4n) is 2.81. The molecule has 0 unspecified atom stereocenters. The summed E-state index contributed by atoms with van der Waals surface area (Å²) in [4.78, 5) is 10.5. The molecule has 0 aliphatic carbocycles. The van der Waals surface area contributed by atoms with Crippen LogP contribution in [0.1, 0.15) is 110 Å². The van der Waals surface area contributed by atoms with Crippen molar-refractivity contribution >= 4 is 5.97 Å². The highest BCUT2D eigenvalue weighted by Crippen LogP contribution is 2.13. The van der Waals surface area contributed by atoms with Crippen molar-refractivity contribution in [3.8, 4) is 0 Å². The van der Waals surface area contributed by atoms with Crippen LogP contribution in [0.5, 0.6) is 0 Å². The number of rotatable bonds is 17. The summed E-state index contributed by atoms with van der Waals surface area (Å²) >= 11 is 0. The third-order valence-electron chi connectivity index (χ3n) is 4.28. The smallest absolute Gasteiger partial charge is 0.307 e. The van der Waals surface area contributed by atoms with Crippen molar-refractivity contribution in [1.29, 1.82) is 0 Å². The van der Waals surface area contributed by atoms with Gasteiger partial charge in [0.05, 0.1) is 6.26 Å². The van der Waals surface area contributed by atoms with Gasteiger partial charge in [0.2, 0.25) is 0 Å². The van der Waals surface area contributed by atoms with Crippen molar-refractivity contribution in [3.05, 3.63) is 24.5 Å². The Labute approximate surface area is 150 Å². The topological polar surface area (TPSA) is 26.3 Å². The number of carbonyl (C=O) groups is 1. The van der Waals surface area contributed by atoms with Crippen molar-refractivity contribution in [2.75, 3.05) is 0 Å². The fraction of sp³-hybridized carbons (Fsp3) is 0.773. The van der Waals surface area contributed by atoms with E-state index < -0.39 is 0 Å². The van der Waals surface area contributed by atoms with E-state index in [0.29, 0.717) is 0 Å². The predicted molar refractivity (Wildman–Crippen MR) is 105 cm³/mol. The maximum atomic E-state index is 10.5. The molecule has 0 rings (SSSR count). The largest absolute Gasteiger partial charge is 0.435 e. The molecular formula is C22H40O2. The molecule has 0 aliphatic heterocycles. The molecule has 0 spiro atoms. The second kappa shape index (κ2) is 20.0. The monoisotopic (exact) mass is 336 g/mol. The van der Waals surface area contributed by atoms with Crippen molar-refractivity contribution in [2.45, 2.75) is 110 Å². The standard InChI is InChI=1S/C22H40O2/c1-3-4-5-6-7-8-9-10-11-12-13-14-15-16-17-18-19-20-21-24-22(2)23/h18-21H,3-17H2,1-2H3. The molecule has 0 atom stereocenters. The normalized spacial score (nSPS) is 11.6. The highest BCUT2D eigenvalue weighted by atomic mass is 16.5. The average molecular weight is 337 g/mol. The first kappa shape index (κ1) is 22.9. The Bertz CT molecular complexity index is 318. The Morgan fingerprint density at radius 1 is 0.708 bits per heavy atom. The van der Waals surface area contributed by atoms with Crippen LogP contribution in [0.3, 0.4) is 0 Å². The van der Waals surface area contributed by atoms with Crippen molar-refractivity contribution in [1.82, 2.24) is 0 Å². The minimum absolute atomic E-state index is 0.272. The van der Waals surface area contributed by atoms with Crippen LogP contribution in [0.15, 0.2) is 24.5 Å². The molecule has 0 bridgehead atoms. The third-order valence-corrected chi connectivity index (χ3v) is 4.28. The quantitative estimate of drug-likeness (QED) is 0.119. The second-order valence-electron chi connectivity index (χ2n) is 6.75. The summed E-state index contributed by atoms with van der Waals surface area (Å²) in [7, 11) is 0. The Morgan fingerprint density at radius 2 is 1.17 bits per heavy atom. The lowest BCUT2D eigenvalue weighted by molar-refractivity contribution is -0.135. The zero-order valence-corrected chi connectivity index (χ0v) is 16.2. The molecule has 0 heterocycles. The molecule has 0 aromatic carbocycles. The Morgan fingerprint density at radius 3 is 1.62 bits per heavy atom. The number of unbranched alkanes of at least 4 members (excludes halogenated alkanes) is 14. The molecule has 140 valence electrons. The van der Waals surface area contributed by atoms with E-state index in [-0.39, 0.29) is 5.97 Å². The summed E-state index contributed by atoms with van der Waals surface area (Å²) in [6.45, 7) is 3.69. The zero-order chi connectivity index (χ0) is 17.7. The summed E-state index contributed by atoms with van der Waals surface area (Å²) in [6, 6.07) is 0. The van der Waals surface area contributed by atoms with Crippen LogP contribution in [0.25, 0.3) is 0 Å². The highest BCUT2D eigenvalue weighted by molar-refractivity contribution is 5.66. The lowest BCUT2D eigenvalue weighted by atomic mass is 10.0. The number of hydrogen-bond donors (Lipinski definition) is 0. The van der Waals surface area contributed by atoms with Crippen LogP contribution >= 0.6 is 0 Å². The average Bonchev–Trinajstić information content (AvgIpc) is 2.56. The van der Waals surface area contributed by atoms with Gasteiger partial charge in [-0.1, -0.05) is 103 Å². The maximum absolute atomic E-state index is 10.5. The highest BCUT2D eigenvalue weighted by Gasteiger charge is 1.93. The predicted octanol–water partition coefficient (Wildman–Crippen LogP) is 7.49. The summed E-state index contributed by atoms with van der Waals surface area (Å²) in [5.41, 5.74) is 0. The number of carbonyl (C=O) groups excluding carboxylic acids is 1. The van der Waals surface area contributed by atoms with Gasteiger partial charge in [-0.15, -0.1) is 0 Å². The maximum Gasteiger partial charge on any atom is 0.307 e. The third kappa shape index (κ3) is 20.9. The molecule has 2 nitrogen and oxygen atoms in total. The van der Waals surface area contributed by atoms with E-state index in [9.17, 15) is 4.79 Å². The van der Waals surface area contributed by atoms with E-state index in [1.807, 2.05) is 6.08 Å². The van der Waals surface area contributed by atoms with Crippen LogP contribution < -0.4 is 0 Å². The van der Waals surface area contributed by atoms with Crippen LogP contribution in [0.4, 0.5) is 0 Å². The van der Waals surface area contributed by atoms with Crippen LogP contribution in [0.2, 0.25) is 0 Å². The minimum atomic E-state index is -0.272. The van der Waals surface area contributed by atoms with Gasteiger partial charge >= 0.3 is 5.97 Å². The molecule has 0 saturated carbocycles. The molecule has 0 N–H and O–H groups in total. The minimum Gasteiger partial charge on any atom is -0.435 e. The number of esters is 1. The van der Waals surface area contributed by atoms with Crippen molar-refractivity contribution < 1.29 is 9.53 Å². The zero-order valence-electron chi connectivity index (χ0n) is 16.2. The van der Waals surface area contributed by atoms with E-state index in [2.05, 4.69) is 13.0 Å². The first-order chi connectivity index (χ1) is 11.8. The van der Waals surface area contributed by atoms with Crippen LogP contribution in [-0.4, -0.2) is 5.97 Å². The molecule has 0 aromatic heterocycles. The Balaban J connectivity index is 3.11. The molecule has 0 aromatic rings. The summed E-state index contributed by atoms with van der Waals surface area (Å²) in [6.07, 6.45) is 28.0. The first-order valence-corrected chi connectivity index (χ1v) is 10.3. The van der Waals surface area contributed by atoms with E-state index in [1.54, 1.807) is 6.08 Å². The fourth-order valence-corrected chi connectivity index (χ4v) is 2.81. The Hall–Kier alpha value is -1.05. The molecule has 24 heavy (non-hydrogen) atoms. The van der Waals surface area contributed by atoms with E-state index in [4.69, 9.17) is 4.74 Å². The van der Waals surface area contributed by atoms with E-state index >= 15 is 0 Å². The molecular weight excluding hydrogens is 296 g/mol. The molecule has 0 saturated heterocycles. The van der Waals surface area contributed by atoms with Gasteiger partial charge < -0.3 is 4.74 Å². The van der Waals surface area contributed by atoms with Gasteiger partial charge in [-0.3, -0.25) is 4.79 Å². The Kier molecular flexibility index (Phi) is 19.1. The number of allylic oxidation sites excluding steroid dienone is 3. The molecule has 0 amide bonds. The van der Waals surface area contributed by atoms with Crippen molar-refractivity contribution in [2.24, 2.45) is 0 Å². The van der Waals surface area contributed by atoms with Gasteiger partial charge in [0.15, 0.2) is 0 Å². The number of hydrogen-bond acceptors (Lipinski definition) is 2. The van der Waals surface area contributed by atoms with Gasteiger partial charge in [-0.25, -0.2) is 0 Å². The van der Waals surface area contributed by atoms with Crippen molar-refractivity contribution in [3.63, 3.8) is 0 Å². The number of ether oxygens (including phenoxy) is 1. The lowest BCUT2D eigenvalue weighted by Crippen LogP contribution is -1.88. The SMILES string of the molecule is CCCCCCCCCCCCCCCCC=CC=COC(C)=O. The van der Waals surface area contributed by atoms with E-state index in [0.717, 1.165) is 6.42 Å². The van der Waals surface area contributed by atoms with Crippen LogP contribution in [-0.2, 0) is 9.53 Å². The summed E-state index contributed by atoms with van der Waals surface area (Å²) < 4.78 is 4.70. The summed E-state index contributed by atoms with van der Waals surface area (Å²) in [5, 5.41) is 0. The van der Waals surface area contributed by atoms with Gasteiger partial charge in [0.1, 0.15) is 0 Å². The van der Waals surface area contributed by atoms with E-state index in [1.165, 1.54) is 103 Å². The lowest BCUT2D eigenvalue weighted by Gasteiger charge is -2.02. The molecule has 0 radical (unpaired) electrons. The molecule has 0 aliphatic rings. The molecule has 0 fully saturated rings. The van der Waals surface area contributed by atoms with Gasteiger partial charge in [-0.2, -0.15) is 0 Å². The van der Waals surface area contributed by atoms with Gasteiger partial charge in [0.25, 0.3) is 0 Å². The second-order valence-corrected chi connectivity index (χ2v) is 6.75. The first-order valence-electron chi connectivity index (χ1n) is 10.3. The van der Waals surface area contributed by atoms with Gasteiger partial charge in [0, 0.05) is 6.92 Å². The van der Waals surface area contributed by atoms with Crippen LogP contribution in [0, 0.1) is 0 Å².